The van der Waals surface area contributed by atoms with Gasteiger partial charge in [0.1, 0.15) is 17.1 Å². The molecule has 7 nitrogen and oxygen atoms in total. The van der Waals surface area contributed by atoms with Crippen LogP contribution >= 0.6 is 0 Å². The molecule has 0 aliphatic carbocycles. The highest BCUT2D eigenvalue weighted by Crippen LogP contribution is 2.37. The summed E-state index contributed by atoms with van der Waals surface area (Å²) in [6.45, 7) is 0. The Morgan fingerprint density at radius 1 is 0.882 bits per heavy atom. The Balaban J connectivity index is 1.73. The first-order chi connectivity index (χ1) is 16.4. The van der Waals surface area contributed by atoms with Crippen molar-refractivity contribution in [3.63, 3.8) is 0 Å². The number of nitrogens with two attached hydrogens (primary N) is 2. The van der Waals surface area contributed by atoms with Crippen LogP contribution < -0.4 is 32.4 Å². The van der Waals surface area contributed by atoms with E-state index >= 15 is 0 Å². The van der Waals surface area contributed by atoms with Crippen molar-refractivity contribution in [2.45, 2.75) is 18.3 Å². The van der Waals surface area contributed by atoms with Crippen LogP contribution in [0.1, 0.15) is 34.9 Å². The van der Waals surface area contributed by atoms with Gasteiger partial charge in [0, 0.05) is 11.6 Å². The molecule has 0 heterocycles. The first-order valence-electron chi connectivity index (χ1n) is 10.8. The molecule has 7 heteroatoms. The second-order valence-corrected chi connectivity index (χ2v) is 8.12. The summed E-state index contributed by atoms with van der Waals surface area (Å²) >= 11 is 0. The van der Waals surface area contributed by atoms with E-state index in [1.54, 1.807) is 13.2 Å². The number of hydrogen-bond donors (Lipinski definition) is 3. The first-order valence-corrected chi connectivity index (χ1v) is 10.8. The molecule has 0 fully saturated rings. The van der Waals surface area contributed by atoms with Crippen molar-refractivity contribution in [3.05, 3.63) is 116 Å². The summed E-state index contributed by atoms with van der Waals surface area (Å²) in [7, 11) is 1.60. The van der Waals surface area contributed by atoms with E-state index in [0.717, 1.165) is 22.4 Å². The molecule has 1 amide bonds. The molecule has 4 aromatic carbocycles. The van der Waals surface area contributed by atoms with Crippen LogP contribution in [0, 0.1) is 0 Å². The average molecular weight is 456 g/mol. The van der Waals surface area contributed by atoms with Gasteiger partial charge >= 0.3 is 0 Å². The molecule has 34 heavy (non-hydrogen) atoms. The van der Waals surface area contributed by atoms with Gasteiger partial charge < -0.3 is 21.5 Å². The fourth-order valence-corrected chi connectivity index (χ4v) is 4.15. The fraction of sp³-hybridized carbons (Fsp3) is 0.148. The van der Waals surface area contributed by atoms with Gasteiger partial charge in [-0.3, -0.25) is 14.4 Å². The number of primary amides is 1. The van der Waals surface area contributed by atoms with Crippen LogP contribution in [-0.2, 0) is 4.79 Å². The Hall–Kier alpha value is -4.39. The van der Waals surface area contributed by atoms with Gasteiger partial charge in [0.15, 0.2) is 0 Å². The monoisotopic (exact) mass is 455 g/mol. The molecule has 0 aromatic heterocycles. The summed E-state index contributed by atoms with van der Waals surface area (Å²) in [5.74, 6) is -0.372. The molecule has 4 aromatic rings. The zero-order chi connectivity index (χ0) is 24.2. The number of carbonyl (C=O) groups is 1. The molecular formula is C27H25N3O4. The van der Waals surface area contributed by atoms with E-state index in [4.69, 9.17) is 16.2 Å². The second kappa shape index (κ2) is 9.62. The van der Waals surface area contributed by atoms with Gasteiger partial charge in [-0.25, -0.2) is 0 Å². The van der Waals surface area contributed by atoms with E-state index in [1.165, 1.54) is 0 Å². The largest absolute Gasteiger partial charge is 0.497 e. The van der Waals surface area contributed by atoms with Crippen molar-refractivity contribution < 1.29 is 9.53 Å². The molecule has 0 bridgehead atoms. The molecule has 4 rings (SSSR count). The lowest BCUT2D eigenvalue weighted by molar-refractivity contribution is -0.119. The molecule has 2 unspecified atom stereocenters. The average Bonchev–Trinajstić information content (AvgIpc) is 2.88. The van der Waals surface area contributed by atoms with Crippen LogP contribution in [0.15, 0.2) is 88.5 Å². The number of carbonyl (C=O) groups excluding carboxylic acids is 1. The minimum Gasteiger partial charge on any atom is -0.497 e. The molecule has 0 saturated heterocycles. The van der Waals surface area contributed by atoms with E-state index in [1.807, 2.05) is 72.8 Å². The van der Waals surface area contributed by atoms with Crippen molar-refractivity contribution in [1.82, 2.24) is 0 Å². The lowest BCUT2D eigenvalue weighted by Crippen LogP contribution is -2.36. The lowest BCUT2D eigenvalue weighted by atomic mass is 9.80. The fourth-order valence-electron chi connectivity index (χ4n) is 4.15. The highest BCUT2D eigenvalue weighted by atomic mass is 16.5. The summed E-state index contributed by atoms with van der Waals surface area (Å²) in [4.78, 5) is 35.8. The molecule has 0 aliphatic heterocycles. The van der Waals surface area contributed by atoms with Crippen molar-refractivity contribution in [3.8, 4) is 5.75 Å². The molecule has 0 saturated carbocycles. The number of nitrogen functional groups attached to an aromatic ring is 1. The number of methoxy groups -OCH3 is 1. The quantitative estimate of drug-likeness (QED) is 0.332. The molecule has 0 aliphatic rings. The first kappa shape index (κ1) is 22.8. The van der Waals surface area contributed by atoms with Gasteiger partial charge in [-0.1, -0.05) is 54.6 Å². The SMILES string of the molecule is COc1ccc(C(CC(C(N)=O)c2ccccc2)c2cccc(Nc3c(N)c(=O)c3=O)c2)cc1. The van der Waals surface area contributed by atoms with Crippen LogP contribution in [0.2, 0.25) is 0 Å². The van der Waals surface area contributed by atoms with E-state index in [2.05, 4.69) is 5.32 Å². The van der Waals surface area contributed by atoms with Gasteiger partial charge in [-0.15, -0.1) is 0 Å². The maximum Gasteiger partial charge on any atom is 0.253 e. The standard InChI is InChI=1S/C27H25N3O4/c1-34-20-12-10-17(11-13-20)21(15-22(27(29)33)16-6-3-2-4-7-16)18-8-5-9-19(14-18)30-24-23(28)25(31)26(24)32/h2-14,21-22,30H,15,28H2,1H3,(H2,29,33). The number of anilines is 3. The van der Waals surface area contributed by atoms with Crippen molar-refractivity contribution in [2.75, 3.05) is 18.2 Å². The minimum absolute atomic E-state index is 0.0695. The van der Waals surface area contributed by atoms with Crippen molar-refractivity contribution >= 4 is 23.0 Å². The highest BCUT2D eigenvalue weighted by molar-refractivity contribution is 5.82. The molecule has 2 atom stereocenters. The number of benzene rings is 3. The third kappa shape index (κ3) is 4.54. The second-order valence-electron chi connectivity index (χ2n) is 8.12. The van der Waals surface area contributed by atoms with Crippen LogP contribution in [-0.4, -0.2) is 13.0 Å². The molecule has 0 radical (unpaired) electrons. The maximum absolute atomic E-state index is 12.5. The van der Waals surface area contributed by atoms with Gasteiger partial charge in [-0.2, -0.15) is 0 Å². The van der Waals surface area contributed by atoms with Gasteiger partial charge in [0.05, 0.1) is 13.0 Å². The summed E-state index contributed by atoms with van der Waals surface area (Å²) in [6.07, 6.45) is 0.442. The van der Waals surface area contributed by atoms with Crippen LogP contribution in [0.4, 0.5) is 17.1 Å². The summed E-state index contributed by atoms with van der Waals surface area (Å²) in [6, 6.07) is 24.6. The molecule has 5 N–H and O–H groups in total. The smallest absolute Gasteiger partial charge is 0.253 e. The number of nitrogens with one attached hydrogen (secondary N) is 1. The molecule has 172 valence electrons. The van der Waals surface area contributed by atoms with E-state index in [0.29, 0.717) is 12.1 Å². The number of ether oxygens (including phenoxy) is 1. The Labute approximate surface area is 196 Å². The minimum atomic E-state index is -0.679. The number of amides is 1. The zero-order valence-electron chi connectivity index (χ0n) is 18.7. The van der Waals surface area contributed by atoms with E-state index in [-0.39, 0.29) is 17.3 Å². The Morgan fingerprint density at radius 3 is 2.18 bits per heavy atom. The third-order valence-electron chi connectivity index (χ3n) is 6.04. The van der Waals surface area contributed by atoms with Crippen LogP contribution in [0.3, 0.4) is 0 Å². The zero-order valence-corrected chi connectivity index (χ0v) is 18.7. The Bertz CT molecular complexity index is 1370. The molecule has 0 spiro atoms. The van der Waals surface area contributed by atoms with Crippen LogP contribution in [0.5, 0.6) is 5.75 Å². The molecular weight excluding hydrogens is 430 g/mol. The number of hydrogen-bond acceptors (Lipinski definition) is 6. The summed E-state index contributed by atoms with van der Waals surface area (Å²) < 4.78 is 5.29. The highest BCUT2D eigenvalue weighted by Gasteiger charge is 2.26. The van der Waals surface area contributed by atoms with Crippen molar-refractivity contribution in [1.29, 1.82) is 0 Å². The maximum atomic E-state index is 12.5. The summed E-state index contributed by atoms with van der Waals surface area (Å²) in [5, 5.41) is 2.95. The third-order valence-corrected chi connectivity index (χ3v) is 6.04. The normalized spacial score (nSPS) is 12.7. The predicted molar refractivity (Wildman–Crippen MR) is 133 cm³/mol. The summed E-state index contributed by atoms with van der Waals surface area (Å²) in [5.41, 5.74) is 13.6. The van der Waals surface area contributed by atoms with Gasteiger partial charge in [-0.05, 0) is 47.4 Å². The van der Waals surface area contributed by atoms with E-state index in [9.17, 15) is 14.4 Å². The predicted octanol–water partition coefficient (Wildman–Crippen LogP) is 3.41. The van der Waals surface area contributed by atoms with Gasteiger partial charge in [0.25, 0.3) is 10.9 Å². The van der Waals surface area contributed by atoms with E-state index < -0.39 is 22.7 Å². The Kier molecular flexibility index (Phi) is 6.45. The lowest BCUT2D eigenvalue weighted by Gasteiger charge is -2.24. The van der Waals surface area contributed by atoms with Crippen molar-refractivity contribution in [2.24, 2.45) is 5.73 Å². The topological polar surface area (TPSA) is 125 Å². The number of rotatable bonds is 9. The Morgan fingerprint density at radius 2 is 1.56 bits per heavy atom. The van der Waals surface area contributed by atoms with Crippen LogP contribution in [0.25, 0.3) is 0 Å². The van der Waals surface area contributed by atoms with Gasteiger partial charge in [0.2, 0.25) is 5.91 Å².